The Balaban J connectivity index is 1.33. The molecule has 6 heteroatoms. The van der Waals surface area contributed by atoms with E-state index in [0.717, 1.165) is 38.4 Å². The molecule has 5 rings (SSSR count). The summed E-state index contributed by atoms with van der Waals surface area (Å²) in [6.45, 7) is 0.576. The number of ether oxygens (including phenoxy) is 1. The first-order chi connectivity index (χ1) is 17.6. The van der Waals surface area contributed by atoms with E-state index in [1.165, 1.54) is 7.11 Å². The van der Waals surface area contributed by atoms with Gasteiger partial charge in [0.1, 0.15) is 0 Å². The van der Waals surface area contributed by atoms with Crippen LogP contribution in [0.1, 0.15) is 27.0 Å². The van der Waals surface area contributed by atoms with E-state index in [-0.39, 0.29) is 18.3 Å². The van der Waals surface area contributed by atoms with E-state index < -0.39 is 0 Å². The lowest BCUT2D eigenvalue weighted by Gasteiger charge is -2.07. The predicted molar refractivity (Wildman–Crippen MR) is 142 cm³/mol. The van der Waals surface area contributed by atoms with Gasteiger partial charge in [-0.05, 0) is 40.1 Å². The Morgan fingerprint density at radius 2 is 1.67 bits per heavy atom. The zero-order chi connectivity index (χ0) is 24.9. The number of benzene rings is 4. The van der Waals surface area contributed by atoms with E-state index in [4.69, 9.17) is 4.74 Å². The standard InChI is InChI=1S/C30H25N3O3/c1-36-30(35)24-12-6-8-21(16-24)19-33-20-25(27-14-4-5-15-28(27)33)18-31-32-29(34)17-23-11-7-10-22-9-2-3-13-26(22)23/h2-16,18,20H,17,19H2,1H3,(H,32,34)/b31-18-. The fourth-order valence-corrected chi connectivity index (χ4v) is 4.45. The molecule has 1 heterocycles. The van der Waals surface area contributed by atoms with Gasteiger partial charge in [0.15, 0.2) is 0 Å². The second-order valence-electron chi connectivity index (χ2n) is 8.53. The van der Waals surface area contributed by atoms with Crippen molar-refractivity contribution in [3.8, 4) is 0 Å². The summed E-state index contributed by atoms with van der Waals surface area (Å²) >= 11 is 0. The Labute approximate surface area is 208 Å². The Kier molecular flexibility index (Phi) is 6.58. The molecule has 6 nitrogen and oxygen atoms in total. The maximum absolute atomic E-state index is 12.6. The van der Waals surface area contributed by atoms with E-state index >= 15 is 0 Å². The monoisotopic (exact) mass is 475 g/mol. The predicted octanol–water partition coefficient (Wildman–Crippen LogP) is 5.32. The van der Waals surface area contributed by atoms with Crippen molar-refractivity contribution < 1.29 is 14.3 Å². The molecule has 0 aliphatic rings. The molecule has 0 atom stereocenters. The molecule has 1 amide bonds. The van der Waals surface area contributed by atoms with Crippen LogP contribution in [0, 0.1) is 0 Å². The third kappa shape index (κ3) is 4.88. The van der Waals surface area contributed by atoms with Gasteiger partial charge in [-0.15, -0.1) is 0 Å². The number of amides is 1. The van der Waals surface area contributed by atoms with Crippen molar-refractivity contribution >= 4 is 39.8 Å². The summed E-state index contributed by atoms with van der Waals surface area (Å²) in [4.78, 5) is 24.5. The van der Waals surface area contributed by atoms with E-state index in [2.05, 4.69) is 15.1 Å². The number of hydrogen-bond donors (Lipinski definition) is 1. The third-order valence-corrected chi connectivity index (χ3v) is 6.14. The average molecular weight is 476 g/mol. The van der Waals surface area contributed by atoms with Crippen molar-refractivity contribution in [3.05, 3.63) is 119 Å². The largest absolute Gasteiger partial charge is 0.465 e. The molecule has 178 valence electrons. The van der Waals surface area contributed by atoms with Gasteiger partial charge in [0.2, 0.25) is 5.91 Å². The lowest BCUT2D eigenvalue weighted by Crippen LogP contribution is -2.19. The number of para-hydroxylation sites is 1. The summed E-state index contributed by atoms with van der Waals surface area (Å²) in [6.07, 6.45) is 3.91. The number of fused-ring (bicyclic) bond motifs is 2. The van der Waals surface area contributed by atoms with Crippen molar-refractivity contribution in [2.24, 2.45) is 5.10 Å². The molecule has 0 saturated carbocycles. The summed E-state index contributed by atoms with van der Waals surface area (Å²) < 4.78 is 6.94. The van der Waals surface area contributed by atoms with E-state index in [9.17, 15) is 9.59 Å². The second-order valence-corrected chi connectivity index (χ2v) is 8.53. The second kappa shape index (κ2) is 10.3. The van der Waals surface area contributed by atoms with Gasteiger partial charge in [0.25, 0.3) is 0 Å². The first-order valence-electron chi connectivity index (χ1n) is 11.7. The molecule has 1 aromatic heterocycles. The summed E-state index contributed by atoms with van der Waals surface area (Å²) in [5.74, 6) is -0.535. The van der Waals surface area contributed by atoms with Crippen LogP contribution in [-0.4, -0.2) is 29.8 Å². The van der Waals surface area contributed by atoms with Gasteiger partial charge in [0, 0.05) is 29.2 Å². The zero-order valence-corrected chi connectivity index (χ0v) is 19.8. The number of nitrogens with zero attached hydrogens (tertiary/aromatic N) is 2. The van der Waals surface area contributed by atoms with Crippen LogP contribution in [0.15, 0.2) is 102 Å². The molecule has 0 fully saturated rings. The molecule has 0 saturated heterocycles. The highest BCUT2D eigenvalue weighted by atomic mass is 16.5. The van der Waals surface area contributed by atoms with Gasteiger partial charge in [-0.1, -0.05) is 72.8 Å². The number of carbonyl (C=O) groups excluding carboxylic acids is 2. The van der Waals surface area contributed by atoms with Crippen LogP contribution in [0.25, 0.3) is 21.7 Å². The highest BCUT2D eigenvalue weighted by molar-refractivity contribution is 6.00. The molecule has 0 radical (unpaired) electrons. The van der Waals surface area contributed by atoms with Crippen LogP contribution in [0.3, 0.4) is 0 Å². The number of esters is 1. The molecule has 0 aliphatic carbocycles. The summed E-state index contributed by atoms with van der Waals surface area (Å²) in [6, 6.07) is 29.4. The van der Waals surface area contributed by atoms with Crippen molar-refractivity contribution in [1.82, 2.24) is 9.99 Å². The lowest BCUT2D eigenvalue weighted by atomic mass is 10.0. The van der Waals surface area contributed by atoms with Gasteiger partial charge >= 0.3 is 5.97 Å². The van der Waals surface area contributed by atoms with Crippen LogP contribution in [0.4, 0.5) is 0 Å². The number of aromatic nitrogens is 1. The topological polar surface area (TPSA) is 72.7 Å². The maximum atomic E-state index is 12.6. The quantitative estimate of drug-likeness (QED) is 0.197. The van der Waals surface area contributed by atoms with E-state index in [1.807, 2.05) is 91.1 Å². The number of nitrogens with one attached hydrogen (secondary N) is 1. The molecule has 36 heavy (non-hydrogen) atoms. The van der Waals surface area contributed by atoms with Crippen LogP contribution in [0.5, 0.6) is 0 Å². The minimum atomic E-state index is -0.360. The lowest BCUT2D eigenvalue weighted by molar-refractivity contribution is -0.120. The molecule has 0 unspecified atom stereocenters. The van der Waals surface area contributed by atoms with Crippen molar-refractivity contribution in [3.63, 3.8) is 0 Å². The molecule has 0 aliphatic heterocycles. The smallest absolute Gasteiger partial charge is 0.337 e. The average Bonchev–Trinajstić information content (AvgIpc) is 3.25. The summed E-state index contributed by atoms with van der Waals surface area (Å²) in [7, 11) is 1.38. The minimum Gasteiger partial charge on any atom is -0.465 e. The summed E-state index contributed by atoms with van der Waals surface area (Å²) in [5.41, 5.74) is 7.04. The Morgan fingerprint density at radius 1 is 0.917 bits per heavy atom. The van der Waals surface area contributed by atoms with Gasteiger partial charge in [-0.3, -0.25) is 4.79 Å². The fraction of sp³-hybridized carbons (Fsp3) is 0.100. The van der Waals surface area contributed by atoms with Crippen LogP contribution < -0.4 is 5.43 Å². The van der Waals surface area contributed by atoms with Crippen molar-refractivity contribution in [2.45, 2.75) is 13.0 Å². The van der Waals surface area contributed by atoms with Gasteiger partial charge in [-0.25, -0.2) is 10.2 Å². The van der Waals surface area contributed by atoms with E-state index in [1.54, 1.807) is 12.3 Å². The molecular formula is C30H25N3O3. The number of rotatable bonds is 7. The van der Waals surface area contributed by atoms with Gasteiger partial charge in [0.05, 0.1) is 25.3 Å². The number of hydrogen-bond acceptors (Lipinski definition) is 4. The van der Waals surface area contributed by atoms with E-state index in [0.29, 0.717) is 12.1 Å². The fourth-order valence-electron chi connectivity index (χ4n) is 4.45. The Hall–Kier alpha value is -4.71. The zero-order valence-electron chi connectivity index (χ0n) is 19.8. The third-order valence-electron chi connectivity index (χ3n) is 6.14. The Bertz CT molecular complexity index is 1590. The Morgan fingerprint density at radius 3 is 2.53 bits per heavy atom. The van der Waals surface area contributed by atoms with Crippen LogP contribution >= 0.6 is 0 Å². The van der Waals surface area contributed by atoms with Gasteiger partial charge in [-0.2, -0.15) is 5.10 Å². The van der Waals surface area contributed by atoms with Crippen molar-refractivity contribution in [1.29, 1.82) is 0 Å². The normalized spacial score (nSPS) is 11.2. The van der Waals surface area contributed by atoms with Crippen LogP contribution in [0.2, 0.25) is 0 Å². The first-order valence-corrected chi connectivity index (χ1v) is 11.7. The number of methoxy groups -OCH3 is 1. The van der Waals surface area contributed by atoms with Gasteiger partial charge < -0.3 is 9.30 Å². The molecule has 0 spiro atoms. The number of carbonyl (C=O) groups is 2. The molecule has 4 aromatic carbocycles. The highest BCUT2D eigenvalue weighted by Crippen LogP contribution is 2.22. The molecule has 1 N–H and O–H groups in total. The first kappa shape index (κ1) is 23.1. The maximum Gasteiger partial charge on any atom is 0.337 e. The number of hydrazone groups is 1. The van der Waals surface area contributed by atoms with Crippen molar-refractivity contribution in [2.75, 3.05) is 7.11 Å². The molecule has 0 bridgehead atoms. The SMILES string of the molecule is COC(=O)c1cccc(Cn2cc(/C=N\NC(=O)Cc3cccc4ccccc34)c3ccccc32)c1. The highest BCUT2D eigenvalue weighted by Gasteiger charge is 2.10. The molecular weight excluding hydrogens is 450 g/mol. The molecule has 5 aromatic rings. The minimum absolute atomic E-state index is 0.175. The summed E-state index contributed by atoms with van der Waals surface area (Å²) in [5, 5.41) is 7.44. The van der Waals surface area contributed by atoms with Crippen LogP contribution in [-0.2, 0) is 22.5 Å².